The lowest BCUT2D eigenvalue weighted by molar-refractivity contribution is 0.0735. The molecule has 6 heteroatoms. The summed E-state index contributed by atoms with van der Waals surface area (Å²) in [7, 11) is 1.60. The molecule has 0 aromatic heterocycles. The van der Waals surface area contributed by atoms with Crippen molar-refractivity contribution >= 4 is 39.0 Å². The van der Waals surface area contributed by atoms with E-state index in [1.807, 2.05) is 30.3 Å². The van der Waals surface area contributed by atoms with Crippen molar-refractivity contribution in [2.45, 2.75) is 0 Å². The molecular formula is C21H17BrO5. The first kappa shape index (κ1) is 19.1. The van der Waals surface area contributed by atoms with Crippen molar-refractivity contribution in [1.82, 2.24) is 0 Å². The molecule has 0 radical (unpaired) electrons. The first-order valence-corrected chi connectivity index (χ1v) is 9.03. The Morgan fingerprint density at radius 2 is 1.89 bits per heavy atom. The van der Waals surface area contributed by atoms with Crippen molar-refractivity contribution in [3.63, 3.8) is 0 Å². The van der Waals surface area contributed by atoms with Gasteiger partial charge in [0.1, 0.15) is 18.1 Å². The van der Waals surface area contributed by atoms with Crippen LogP contribution in [0.4, 0.5) is 0 Å². The van der Waals surface area contributed by atoms with Crippen LogP contribution in [0.3, 0.4) is 0 Å². The van der Waals surface area contributed by atoms with Crippen LogP contribution < -0.4 is 9.47 Å². The van der Waals surface area contributed by atoms with Crippen LogP contribution in [0.25, 0.3) is 10.8 Å². The molecule has 0 N–H and O–H groups in total. The molecule has 0 aliphatic heterocycles. The summed E-state index contributed by atoms with van der Waals surface area (Å²) in [4.78, 5) is 24.0. The van der Waals surface area contributed by atoms with Crippen molar-refractivity contribution < 1.29 is 23.8 Å². The van der Waals surface area contributed by atoms with Crippen LogP contribution in [0.5, 0.6) is 11.5 Å². The van der Waals surface area contributed by atoms with E-state index in [1.54, 1.807) is 31.4 Å². The quantitative estimate of drug-likeness (QED) is 0.237. The van der Waals surface area contributed by atoms with Crippen LogP contribution in [0.1, 0.15) is 20.7 Å². The maximum absolute atomic E-state index is 12.6. The summed E-state index contributed by atoms with van der Waals surface area (Å²) in [5.41, 5.74) is 0.659. The van der Waals surface area contributed by atoms with Crippen LogP contribution in [-0.4, -0.2) is 32.6 Å². The Balaban J connectivity index is 1.86. The second-order valence-corrected chi connectivity index (χ2v) is 6.55. The maximum Gasteiger partial charge on any atom is 0.343 e. The zero-order valence-corrected chi connectivity index (χ0v) is 16.2. The van der Waals surface area contributed by atoms with Gasteiger partial charge in [-0.25, -0.2) is 4.79 Å². The lowest BCUT2D eigenvalue weighted by atomic mass is 10.1. The molecule has 5 nitrogen and oxygen atoms in total. The Morgan fingerprint density at radius 3 is 2.63 bits per heavy atom. The highest BCUT2D eigenvalue weighted by atomic mass is 79.9. The predicted molar refractivity (Wildman–Crippen MR) is 106 cm³/mol. The number of carbonyl (C=O) groups is 2. The number of hydrogen-bond acceptors (Lipinski definition) is 5. The lowest BCUT2D eigenvalue weighted by Crippen LogP contribution is -2.11. The third-order valence-corrected chi connectivity index (χ3v) is 4.56. The van der Waals surface area contributed by atoms with Gasteiger partial charge < -0.3 is 14.2 Å². The minimum absolute atomic E-state index is 0.254. The summed E-state index contributed by atoms with van der Waals surface area (Å²) in [6.07, 6.45) is 0.678. The highest BCUT2D eigenvalue weighted by molar-refractivity contribution is 9.10. The fourth-order valence-electron chi connectivity index (χ4n) is 2.60. The molecule has 0 atom stereocenters. The SMILES string of the molecule is COCCOc1ccc(C(=O)Oc2c(C=O)ccc3ccccc23)cc1Br. The zero-order valence-electron chi connectivity index (χ0n) is 14.6. The Morgan fingerprint density at radius 1 is 1.07 bits per heavy atom. The van der Waals surface area contributed by atoms with Gasteiger partial charge in [-0.05, 0) is 45.6 Å². The number of ether oxygens (including phenoxy) is 3. The Kier molecular flexibility index (Phi) is 6.21. The predicted octanol–water partition coefficient (Wildman–Crippen LogP) is 4.66. The second-order valence-electron chi connectivity index (χ2n) is 5.70. The van der Waals surface area contributed by atoms with E-state index in [0.717, 1.165) is 5.39 Å². The van der Waals surface area contributed by atoms with Crippen molar-refractivity contribution in [2.75, 3.05) is 20.3 Å². The molecule has 0 aliphatic carbocycles. The van der Waals surface area contributed by atoms with Crippen molar-refractivity contribution in [1.29, 1.82) is 0 Å². The number of halogens is 1. The topological polar surface area (TPSA) is 61.8 Å². The smallest absolute Gasteiger partial charge is 0.343 e. The normalized spacial score (nSPS) is 10.6. The first-order chi connectivity index (χ1) is 13.1. The van der Waals surface area contributed by atoms with Gasteiger partial charge in [0, 0.05) is 12.5 Å². The Bertz CT molecular complexity index is 983. The van der Waals surface area contributed by atoms with Gasteiger partial charge in [-0.1, -0.05) is 30.3 Å². The maximum atomic E-state index is 12.6. The largest absolute Gasteiger partial charge is 0.490 e. The number of esters is 1. The number of fused-ring (bicyclic) bond motifs is 1. The summed E-state index contributed by atoms with van der Waals surface area (Å²) in [6, 6.07) is 15.8. The second kappa shape index (κ2) is 8.79. The van der Waals surface area contributed by atoms with E-state index in [0.29, 0.717) is 46.2 Å². The molecule has 0 amide bonds. The van der Waals surface area contributed by atoms with Gasteiger partial charge in [-0.15, -0.1) is 0 Å². The molecule has 0 bridgehead atoms. The van der Waals surface area contributed by atoms with E-state index in [1.165, 1.54) is 0 Å². The molecular weight excluding hydrogens is 412 g/mol. The molecule has 0 saturated carbocycles. The van der Waals surface area contributed by atoms with E-state index in [2.05, 4.69) is 15.9 Å². The van der Waals surface area contributed by atoms with Gasteiger partial charge in [0.2, 0.25) is 0 Å². The van der Waals surface area contributed by atoms with Gasteiger partial charge in [0.05, 0.1) is 22.2 Å². The van der Waals surface area contributed by atoms with Crippen molar-refractivity contribution in [3.05, 3.63) is 70.2 Å². The fourth-order valence-corrected chi connectivity index (χ4v) is 3.09. The highest BCUT2D eigenvalue weighted by Crippen LogP contribution is 2.31. The summed E-state index contributed by atoms with van der Waals surface area (Å²) >= 11 is 3.39. The number of benzene rings is 3. The van der Waals surface area contributed by atoms with E-state index in [4.69, 9.17) is 14.2 Å². The summed E-state index contributed by atoms with van der Waals surface area (Å²) < 4.78 is 16.7. The zero-order chi connectivity index (χ0) is 19.2. The molecule has 3 aromatic rings. The number of carbonyl (C=O) groups excluding carboxylic acids is 2. The lowest BCUT2D eigenvalue weighted by Gasteiger charge is -2.12. The average Bonchev–Trinajstić information content (AvgIpc) is 2.69. The molecule has 138 valence electrons. The van der Waals surface area contributed by atoms with Crippen molar-refractivity contribution in [3.8, 4) is 11.5 Å². The standard InChI is InChI=1S/C21H17BrO5/c1-25-10-11-26-19-9-8-15(12-18(19)22)21(24)27-20-16(13-23)7-6-14-4-2-3-5-17(14)20/h2-9,12-13H,10-11H2,1H3. The summed E-state index contributed by atoms with van der Waals surface area (Å²) in [5, 5.41) is 1.59. The van der Waals surface area contributed by atoms with Crippen LogP contribution >= 0.6 is 15.9 Å². The molecule has 27 heavy (non-hydrogen) atoms. The van der Waals surface area contributed by atoms with E-state index in [-0.39, 0.29) is 5.75 Å². The molecule has 0 unspecified atom stereocenters. The summed E-state index contributed by atoms with van der Waals surface area (Å²) in [6.45, 7) is 0.864. The number of hydrogen-bond donors (Lipinski definition) is 0. The molecule has 3 aromatic carbocycles. The highest BCUT2D eigenvalue weighted by Gasteiger charge is 2.16. The minimum atomic E-state index is -0.557. The minimum Gasteiger partial charge on any atom is -0.490 e. The average molecular weight is 429 g/mol. The van der Waals surface area contributed by atoms with E-state index >= 15 is 0 Å². The van der Waals surface area contributed by atoms with Crippen molar-refractivity contribution in [2.24, 2.45) is 0 Å². The van der Waals surface area contributed by atoms with Gasteiger partial charge in [-0.2, -0.15) is 0 Å². The molecule has 0 aliphatic rings. The van der Waals surface area contributed by atoms with Crippen LogP contribution in [0.2, 0.25) is 0 Å². The Hall–Kier alpha value is -2.70. The Labute approximate surface area is 165 Å². The molecule has 0 fully saturated rings. The third-order valence-electron chi connectivity index (χ3n) is 3.94. The molecule has 0 spiro atoms. The van der Waals surface area contributed by atoms with E-state index < -0.39 is 5.97 Å². The van der Waals surface area contributed by atoms with Crippen LogP contribution in [0, 0.1) is 0 Å². The number of rotatable bonds is 7. The fraction of sp³-hybridized carbons (Fsp3) is 0.143. The van der Waals surface area contributed by atoms with E-state index in [9.17, 15) is 9.59 Å². The molecule has 0 heterocycles. The first-order valence-electron chi connectivity index (χ1n) is 8.24. The van der Waals surface area contributed by atoms with Gasteiger partial charge in [0.15, 0.2) is 6.29 Å². The monoisotopic (exact) mass is 428 g/mol. The van der Waals surface area contributed by atoms with Gasteiger partial charge in [-0.3, -0.25) is 4.79 Å². The van der Waals surface area contributed by atoms with Crippen LogP contribution in [0.15, 0.2) is 59.1 Å². The number of aldehydes is 1. The van der Waals surface area contributed by atoms with Gasteiger partial charge >= 0.3 is 5.97 Å². The third kappa shape index (κ3) is 4.35. The van der Waals surface area contributed by atoms with Gasteiger partial charge in [0.25, 0.3) is 0 Å². The molecule has 0 saturated heterocycles. The molecule has 3 rings (SSSR count). The number of methoxy groups -OCH3 is 1. The van der Waals surface area contributed by atoms with Crippen LogP contribution in [-0.2, 0) is 4.74 Å². The summed E-state index contributed by atoms with van der Waals surface area (Å²) in [5.74, 6) is 0.297.